The van der Waals surface area contributed by atoms with Crippen LogP contribution in [0.1, 0.15) is 13.8 Å². The van der Waals surface area contributed by atoms with E-state index in [2.05, 4.69) is 41.0 Å². The summed E-state index contributed by atoms with van der Waals surface area (Å²) in [5, 5.41) is 6.29. The van der Waals surface area contributed by atoms with Crippen LogP contribution in [0.25, 0.3) is 0 Å². The summed E-state index contributed by atoms with van der Waals surface area (Å²) >= 11 is 0. The highest BCUT2D eigenvalue weighted by Gasteiger charge is 1.98. The van der Waals surface area contributed by atoms with E-state index in [-0.39, 0.29) is 0 Å². The summed E-state index contributed by atoms with van der Waals surface area (Å²) in [5.41, 5.74) is 0. The molecule has 0 radical (unpaired) electrons. The van der Waals surface area contributed by atoms with Gasteiger partial charge in [-0.05, 0) is 12.0 Å². The Morgan fingerprint density at radius 2 is 2.27 bits per heavy atom. The Bertz CT molecular complexity index is 309. The van der Waals surface area contributed by atoms with Gasteiger partial charge in [0.15, 0.2) is 0 Å². The zero-order valence-corrected chi connectivity index (χ0v) is 9.33. The van der Waals surface area contributed by atoms with Gasteiger partial charge in [0.05, 0.1) is 0 Å². The molecule has 1 heterocycles. The Morgan fingerprint density at radius 1 is 1.47 bits per heavy atom. The SMILES string of the molecule is C=CCNc1ccnc(NCC(C)C)n1. The third-order valence-electron chi connectivity index (χ3n) is 1.75. The Labute approximate surface area is 90.8 Å². The van der Waals surface area contributed by atoms with Gasteiger partial charge in [-0.3, -0.25) is 0 Å². The van der Waals surface area contributed by atoms with Crippen LogP contribution in [0.4, 0.5) is 11.8 Å². The first-order valence-electron chi connectivity index (χ1n) is 5.14. The molecular weight excluding hydrogens is 188 g/mol. The molecular formula is C11H18N4. The van der Waals surface area contributed by atoms with Crippen LogP contribution < -0.4 is 10.6 Å². The fraction of sp³-hybridized carbons (Fsp3) is 0.455. The molecule has 0 unspecified atom stereocenters. The molecule has 0 aliphatic heterocycles. The molecule has 1 aromatic rings. The van der Waals surface area contributed by atoms with Crippen LogP contribution in [0.2, 0.25) is 0 Å². The predicted octanol–water partition coefficient (Wildman–Crippen LogP) is 2.14. The van der Waals surface area contributed by atoms with E-state index in [0.29, 0.717) is 18.4 Å². The lowest BCUT2D eigenvalue weighted by Crippen LogP contribution is -2.11. The fourth-order valence-corrected chi connectivity index (χ4v) is 1.01. The van der Waals surface area contributed by atoms with Gasteiger partial charge in [-0.2, -0.15) is 4.98 Å². The normalized spacial score (nSPS) is 10.1. The van der Waals surface area contributed by atoms with E-state index < -0.39 is 0 Å². The molecule has 0 atom stereocenters. The minimum atomic E-state index is 0.582. The molecule has 0 saturated heterocycles. The van der Waals surface area contributed by atoms with Crippen LogP contribution in [0.3, 0.4) is 0 Å². The highest BCUT2D eigenvalue weighted by molar-refractivity contribution is 5.39. The second kappa shape index (κ2) is 6.01. The van der Waals surface area contributed by atoms with E-state index >= 15 is 0 Å². The second-order valence-corrected chi connectivity index (χ2v) is 3.71. The summed E-state index contributed by atoms with van der Waals surface area (Å²) in [6, 6.07) is 1.84. The Balaban J connectivity index is 2.53. The van der Waals surface area contributed by atoms with Crippen molar-refractivity contribution in [2.75, 3.05) is 23.7 Å². The number of aromatic nitrogens is 2. The van der Waals surface area contributed by atoms with Gasteiger partial charge in [0.25, 0.3) is 0 Å². The third-order valence-corrected chi connectivity index (χ3v) is 1.75. The molecule has 1 rings (SSSR count). The van der Waals surface area contributed by atoms with Gasteiger partial charge < -0.3 is 10.6 Å². The maximum absolute atomic E-state index is 4.30. The van der Waals surface area contributed by atoms with Crippen molar-refractivity contribution in [3.8, 4) is 0 Å². The Morgan fingerprint density at radius 3 is 2.93 bits per heavy atom. The van der Waals surface area contributed by atoms with E-state index in [0.717, 1.165) is 12.4 Å². The largest absolute Gasteiger partial charge is 0.366 e. The van der Waals surface area contributed by atoms with Gasteiger partial charge in [0.2, 0.25) is 5.95 Å². The van der Waals surface area contributed by atoms with Crippen LogP contribution in [0.15, 0.2) is 24.9 Å². The molecule has 0 saturated carbocycles. The van der Waals surface area contributed by atoms with Crippen molar-refractivity contribution in [3.63, 3.8) is 0 Å². The minimum absolute atomic E-state index is 0.582. The molecule has 0 aliphatic rings. The maximum atomic E-state index is 4.30. The van der Waals surface area contributed by atoms with E-state index in [1.807, 2.05) is 6.07 Å². The number of anilines is 2. The summed E-state index contributed by atoms with van der Waals surface area (Å²) in [6.07, 6.45) is 3.53. The van der Waals surface area contributed by atoms with Gasteiger partial charge in [-0.15, -0.1) is 6.58 Å². The van der Waals surface area contributed by atoms with Crippen LogP contribution in [-0.2, 0) is 0 Å². The van der Waals surface area contributed by atoms with Gasteiger partial charge in [-0.1, -0.05) is 19.9 Å². The van der Waals surface area contributed by atoms with E-state index in [1.54, 1.807) is 12.3 Å². The van der Waals surface area contributed by atoms with Crippen molar-refractivity contribution in [2.45, 2.75) is 13.8 Å². The van der Waals surface area contributed by atoms with Crippen molar-refractivity contribution in [2.24, 2.45) is 5.92 Å². The third kappa shape index (κ3) is 4.44. The predicted molar refractivity (Wildman–Crippen MR) is 64.0 cm³/mol. The highest BCUT2D eigenvalue weighted by Crippen LogP contribution is 2.05. The van der Waals surface area contributed by atoms with Crippen LogP contribution in [0, 0.1) is 5.92 Å². The first-order chi connectivity index (χ1) is 7.22. The maximum Gasteiger partial charge on any atom is 0.224 e. The molecule has 4 nitrogen and oxygen atoms in total. The summed E-state index contributed by atoms with van der Waals surface area (Å²) < 4.78 is 0. The van der Waals surface area contributed by atoms with Crippen molar-refractivity contribution in [1.82, 2.24) is 9.97 Å². The average molecular weight is 206 g/mol. The lowest BCUT2D eigenvalue weighted by atomic mass is 10.2. The van der Waals surface area contributed by atoms with Gasteiger partial charge >= 0.3 is 0 Å². The molecule has 15 heavy (non-hydrogen) atoms. The second-order valence-electron chi connectivity index (χ2n) is 3.71. The standard InChI is InChI=1S/C11H18N4/c1-4-6-12-10-5-7-13-11(15-10)14-8-9(2)3/h4-5,7,9H,1,6,8H2,2-3H3,(H2,12,13,14,15). The lowest BCUT2D eigenvalue weighted by Gasteiger charge is -2.08. The van der Waals surface area contributed by atoms with Crippen molar-refractivity contribution in [1.29, 1.82) is 0 Å². The zero-order valence-electron chi connectivity index (χ0n) is 9.33. The molecule has 0 aromatic carbocycles. The summed E-state index contributed by atoms with van der Waals surface area (Å²) in [4.78, 5) is 8.43. The fourth-order valence-electron chi connectivity index (χ4n) is 1.01. The first kappa shape index (κ1) is 11.5. The van der Waals surface area contributed by atoms with Crippen molar-refractivity contribution < 1.29 is 0 Å². The quantitative estimate of drug-likeness (QED) is 0.700. The molecule has 0 spiro atoms. The summed E-state index contributed by atoms with van der Waals surface area (Å²) in [6.45, 7) is 9.52. The molecule has 82 valence electrons. The first-order valence-corrected chi connectivity index (χ1v) is 5.14. The van der Waals surface area contributed by atoms with E-state index in [1.165, 1.54) is 0 Å². The Kier molecular flexibility index (Phi) is 4.60. The van der Waals surface area contributed by atoms with Gasteiger partial charge in [0, 0.05) is 19.3 Å². The van der Waals surface area contributed by atoms with Crippen LogP contribution in [0.5, 0.6) is 0 Å². The Hall–Kier alpha value is -1.58. The van der Waals surface area contributed by atoms with E-state index in [9.17, 15) is 0 Å². The number of nitrogens with one attached hydrogen (secondary N) is 2. The van der Waals surface area contributed by atoms with Crippen molar-refractivity contribution >= 4 is 11.8 Å². The number of hydrogen-bond donors (Lipinski definition) is 2. The number of nitrogens with zero attached hydrogens (tertiary/aromatic N) is 2. The molecule has 0 aliphatic carbocycles. The molecule has 0 amide bonds. The zero-order chi connectivity index (χ0) is 11.1. The average Bonchev–Trinajstić information content (AvgIpc) is 2.24. The molecule has 0 fully saturated rings. The van der Waals surface area contributed by atoms with Gasteiger partial charge in [0.1, 0.15) is 5.82 Å². The molecule has 4 heteroatoms. The summed E-state index contributed by atoms with van der Waals surface area (Å²) in [5.74, 6) is 2.06. The molecule has 1 aromatic heterocycles. The monoisotopic (exact) mass is 206 g/mol. The highest BCUT2D eigenvalue weighted by atomic mass is 15.1. The van der Waals surface area contributed by atoms with Crippen LogP contribution >= 0.6 is 0 Å². The topological polar surface area (TPSA) is 49.8 Å². The number of hydrogen-bond acceptors (Lipinski definition) is 4. The summed E-state index contributed by atoms with van der Waals surface area (Å²) in [7, 11) is 0. The molecule has 0 bridgehead atoms. The van der Waals surface area contributed by atoms with Crippen LogP contribution in [-0.4, -0.2) is 23.1 Å². The lowest BCUT2D eigenvalue weighted by molar-refractivity contribution is 0.684. The minimum Gasteiger partial charge on any atom is -0.366 e. The van der Waals surface area contributed by atoms with Crippen molar-refractivity contribution in [3.05, 3.63) is 24.9 Å². The smallest absolute Gasteiger partial charge is 0.224 e. The van der Waals surface area contributed by atoms with Gasteiger partial charge in [-0.25, -0.2) is 4.98 Å². The van der Waals surface area contributed by atoms with E-state index in [4.69, 9.17) is 0 Å². The number of rotatable bonds is 6. The molecule has 2 N–H and O–H groups in total.